The molecule has 48 heavy (non-hydrogen) atoms. The van der Waals surface area contributed by atoms with Crippen molar-refractivity contribution in [1.82, 2.24) is 30.6 Å². The summed E-state index contributed by atoms with van der Waals surface area (Å²) < 4.78 is 26.4. The molecule has 0 saturated carbocycles. The second-order valence-electron chi connectivity index (χ2n) is 14.9. The minimum atomic E-state index is -2.14. The highest BCUT2D eigenvalue weighted by atomic mass is 19.1. The van der Waals surface area contributed by atoms with Gasteiger partial charge in [-0.25, -0.2) is 18.7 Å². The number of carbonyl (C=O) groups excluding carboxylic acids is 2. The average Bonchev–Trinajstić information content (AvgIpc) is 3.72. The van der Waals surface area contributed by atoms with E-state index >= 15 is 0 Å². The zero-order valence-corrected chi connectivity index (χ0v) is 28.7. The Morgan fingerprint density at radius 3 is 1.19 bits per heavy atom. The van der Waals surface area contributed by atoms with Gasteiger partial charge in [-0.3, -0.25) is 9.59 Å². The molecule has 0 fully saturated rings. The van der Waals surface area contributed by atoms with Crippen molar-refractivity contribution in [3.05, 3.63) is 72.6 Å². The number of halogens is 2. The smallest absolute Gasteiger partial charge is 0.255 e. The first-order valence-corrected chi connectivity index (χ1v) is 15.8. The normalized spacial score (nSPS) is 16.0. The summed E-state index contributed by atoms with van der Waals surface area (Å²) in [5, 5.41) is 25.6. The maximum atomic E-state index is 13.2. The molecule has 4 atom stereocenters. The maximum Gasteiger partial charge on any atom is 0.255 e. The highest BCUT2D eigenvalue weighted by Crippen LogP contribution is 2.35. The first-order chi connectivity index (χ1) is 22.3. The number of aromatic amines is 2. The van der Waals surface area contributed by atoms with Gasteiger partial charge in [0.15, 0.2) is 11.2 Å². The van der Waals surface area contributed by atoms with Gasteiger partial charge in [0, 0.05) is 23.5 Å². The van der Waals surface area contributed by atoms with E-state index in [-0.39, 0.29) is 0 Å². The average molecular weight is 665 g/mol. The summed E-state index contributed by atoms with van der Waals surface area (Å²) in [7, 11) is 0. The monoisotopic (exact) mass is 664 g/mol. The highest BCUT2D eigenvalue weighted by molar-refractivity contribution is 5.85. The molecule has 2 aromatic heterocycles. The van der Waals surface area contributed by atoms with E-state index in [9.17, 15) is 28.6 Å². The molecule has 0 radical (unpaired) electrons. The molecule has 0 spiro atoms. The van der Waals surface area contributed by atoms with Gasteiger partial charge >= 0.3 is 0 Å². The molecule has 0 bridgehead atoms. The fourth-order valence-corrected chi connectivity index (χ4v) is 5.02. The number of hydrogen-bond donors (Lipinski definition) is 6. The van der Waals surface area contributed by atoms with Crippen molar-refractivity contribution < 1.29 is 28.6 Å². The molecule has 4 rings (SSSR count). The van der Waals surface area contributed by atoms with E-state index in [1.165, 1.54) is 0 Å². The van der Waals surface area contributed by atoms with E-state index in [0.29, 0.717) is 23.0 Å². The number of alkyl halides is 2. The molecule has 10 nitrogen and oxygen atoms in total. The van der Waals surface area contributed by atoms with E-state index in [0.717, 1.165) is 36.1 Å². The van der Waals surface area contributed by atoms with Crippen LogP contribution in [0.2, 0.25) is 0 Å². The van der Waals surface area contributed by atoms with Gasteiger partial charge in [0.1, 0.15) is 25.0 Å². The summed E-state index contributed by atoms with van der Waals surface area (Å²) in [5.74, 6) is -0.642. The molecule has 2 aromatic carbocycles. The molecule has 4 aromatic rings. The summed E-state index contributed by atoms with van der Waals surface area (Å²) in [6.45, 7) is 11.4. The molecular formula is C36H46F2N6O4. The van der Waals surface area contributed by atoms with Crippen LogP contribution < -0.4 is 10.6 Å². The van der Waals surface area contributed by atoms with E-state index in [1.54, 1.807) is 12.4 Å². The SMILES string of the molecule is CC(O)(CF)C(=O)N[C@H](c1nc(-c2ccc(-c3ccc(-c4c[nH]c([C@@H](NC(=O)C(C)(O)CF)C(C)(C)C)n4)cc3)cc2)c[nH]1)C(C)(C)C. The molecule has 6 N–H and O–H groups in total. The molecule has 0 saturated heterocycles. The van der Waals surface area contributed by atoms with E-state index in [1.807, 2.05) is 90.1 Å². The second kappa shape index (κ2) is 13.6. The van der Waals surface area contributed by atoms with E-state index < -0.39 is 59.3 Å². The zero-order valence-electron chi connectivity index (χ0n) is 28.7. The number of nitrogens with one attached hydrogen (secondary N) is 4. The van der Waals surface area contributed by atoms with Crippen molar-refractivity contribution in [2.24, 2.45) is 10.8 Å². The quantitative estimate of drug-likeness (QED) is 0.116. The molecule has 0 aliphatic rings. The number of H-pyrrole nitrogens is 2. The molecular weight excluding hydrogens is 618 g/mol. The third kappa shape index (κ3) is 8.16. The van der Waals surface area contributed by atoms with Gasteiger partial charge in [-0.2, -0.15) is 0 Å². The first kappa shape index (κ1) is 36.4. The fraction of sp³-hybridized carbons (Fsp3) is 0.444. The summed E-state index contributed by atoms with van der Waals surface area (Å²) in [6, 6.07) is 14.5. The molecule has 0 aliphatic heterocycles. The lowest BCUT2D eigenvalue weighted by Crippen LogP contribution is -2.49. The number of benzene rings is 2. The van der Waals surface area contributed by atoms with Crippen molar-refractivity contribution in [2.45, 2.75) is 78.7 Å². The van der Waals surface area contributed by atoms with Crippen LogP contribution in [0.15, 0.2) is 60.9 Å². The largest absolute Gasteiger partial charge is 0.378 e. The number of aromatic nitrogens is 4. The Labute approximate surface area is 279 Å². The zero-order chi connectivity index (χ0) is 35.7. The Morgan fingerprint density at radius 2 is 0.917 bits per heavy atom. The van der Waals surface area contributed by atoms with Crippen LogP contribution in [0.25, 0.3) is 33.6 Å². The molecule has 12 heteroatoms. The van der Waals surface area contributed by atoms with Crippen molar-refractivity contribution in [1.29, 1.82) is 0 Å². The lowest BCUT2D eigenvalue weighted by molar-refractivity contribution is -0.141. The van der Waals surface area contributed by atoms with Crippen molar-refractivity contribution in [3.8, 4) is 33.6 Å². The van der Waals surface area contributed by atoms with Gasteiger partial charge in [0.2, 0.25) is 0 Å². The molecule has 0 aliphatic carbocycles. The molecule has 2 amide bonds. The summed E-state index contributed by atoms with van der Waals surface area (Å²) >= 11 is 0. The second-order valence-corrected chi connectivity index (χ2v) is 14.9. The van der Waals surface area contributed by atoms with Gasteiger partial charge in [-0.15, -0.1) is 0 Å². The molecule has 2 unspecified atom stereocenters. The first-order valence-electron chi connectivity index (χ1n) is 15.8. The van der Waals surface area contributed by atoms with Crippen LogP contribution in [0, 0.1) is 10.8 Å². The van der Waals surface area contributed by atoms with Gasteiger partial charge in [-0.05, 0) is 35.8 Å². The standard InChI is InChI=1S/C36H46F2N6O4/c1-33(2,3)27(43-31(45)35(7,47)19-37)29-39-17-25(41-29)23-13-9-21(10-14-23)22-11-15-24(16-12-22)26-18-40-30(42-26)28(34(4,5)6)44-32(46)36(8,48)20-38/h9-18,27-28,47-48H,19-20H2,1-8H3,(H,39,41)(H,40,42)(H,43,45)(H,44,46)/t27-,28-,35?,36?/m1/s1. The highest BCUT2D eigenvalue weighted by Gasteiger charge is 2.38. The van der Waals surface area contributed by atoms with Crippen LogP contribution >= 0.6 is 0 Å². The summed E-state index contributed by atoms with van der Waals surface area (Å²) in [5.41, 5.74) is -0.232. The van der Waals surface area contributed by atoms with Crippen LogP contribution in [0.4, 0.5) is 8.78 Å². The molecule has 258 valence electrons. The lowest BCUT2D eigenvalue weighted by atomic mass is 9.85. The van der Waals surface area contributed by atoms with Crippen molar-refractivity contribution in [3.63, 3.8) is 0 Å². The summed E-state index contributed by atoms with van der Waals surface area (Å²) in [4.78, 5) is 40.8. The Hall–Kier alpha value is -4.42. The number of amides is 2. The third-order valence-corrected chi connectivity index (χ3v) is 8.22. The fourth-order valence-electron chi connectivity index (χ4n) is 5.02. The minimum absolute atomic E-state index is 0.479. The lowest BCUT2D eigenvalue weighted by Gasteiger charge is -2.32. The van der Waals surface area contributed by atoms with E-state index in [4.69, 9.17) is 9.97 Å². The third-order valence-electron chi connectivity index (χ3n) is 8.22. The number of aliphatic hydroxyl groups is 2. The molecule has 2 heterocycles. The Balaban J connectivity index is 1.50. The number of hydrogen-bond acceptors (Lipinski definition) is 6. The Bertz CT molecular complexity index is 1590. The van der Waals surface area contributed by atoms with Crippen LogP contribution in [0.5, 0.6) is 0 Å². The number of nitrogens with zero attached hydrogens (tertiary/aromatic N) is 2. The van der Waals surface area contributed by atoms with Crippen LogP contribution in [0.3, 0.4) is 0 Å². The van der Waals surface area contributed by atoms with E-state index in [2.05, 4.69) is 20.6 Å². The minimum Gasteiger partial charge on any atom is -0.378 e. The van der Waals surface area contributed by atoms with Crippen LogP contribution in [-0.4, -0.2) is 66.5 Å². The number of imidazole rings is 2. The van der Waals surface area contributed by atoms with Gasteiger partial charge < -0.3 is 30.8 Å². The van der Waals surface area contributed by atoms with Gasteiger partial charge in [0.25, 0.3) is 11.8 Å². The predicted octanol–water partition coefficient (Wildman–Crippen LogP) is 5.98. The summed E-state index contributed by atoms with van der Waals surface area (Å²) in [6.07, 6.45) is 3.49. The van der Waals surface area contributed by atoms with Crippen LogP contribution in [-0.2, 0) is 9.59 Å². The maximum absolute atomic E-state index is 13.2. The van der Waals surface area contributed by atoms with Gasteiger partial charge in [0.05, 0.1) is 23.5 Å². The van der Waals surface area contributed by atoms with Crippen molar-refractivity contribution in [2.75, 3.05) is 13.3 Å². The van der Waals surface area contributed by atoms with Crippen LogP contribution in [0.1, 0.15) is 79.1 Å². The number of rotatable bonds is 11. The van der Waals surface area contributed by atoms with Gasteiger partial charge in [-0.1, -0.05) is 90.1 Å². The number of carbonyl (C=O) groups is 2. The van der Waals surface area contributed by atoms with Crippen molar-refractivity contribution >= 4 is 11.8 Å². The Morgan fingerprint density at radius 1 is 0.625 bits per heavy atom. The Kier molecular flexibility index (Phi) is 10.3. The topological polar surface area (TPSA) is 156 Å². The predicted molar refractivity (Wildman–Crippen MR) is 181 cm³/mol.